The lowest BCUT2D eigenvalue weighted by atomic mass is 9.99. The van der Waals surface area contributed by atoms with E-state index >= 15 is 0 Å². The summed E-state index contributed by atoms with van der Waals surface area (Å²) < 4.78 is 14.0. The number of benzene rings is 2. The second-order valence-corrected chi connectivity index (χ2v) is 9.55. The van der Waals surface area contributed by atoms with Crippen molar-refractivity contribution < 1.29 is 4.39 Å². The lowest BCUT2D eigenvalue weighted by Gasteiger charge is -2.43. The molecular weight excluding hydrogens is 415 g/mol. The highest BCUT2D eigenvalue weighted by atomic mass is 19.1. The molecule has 2 aromatic carbocycles. The van der Waals surface area contributed by atoms with Gasteiger partial charge in [0.25, 0.3) is 0 Å². The number of fused-ring (bicyclic) bond motifs is 4. The number of halogens is 1. The molecule has 0 aliphatic carbocycles. The van der Waals surface area contributed by atoms with Crippen LogP contribution in [-0.4, -0.2) is 54.3 Å². The van der Waals surface area contributed by atoms with Crippen molar-refractivity contribution in [2.75, 3.05) is 36.0 Å². The minimum atomic E-state index is -0.963. The van der Waals surface area contributed by atoms with Gasteiger partial charge < -0.3 is 15.5 Å². The van der Waals surface area contributed by atoms with Crippen LogP contribution in [0.15, 0.2) is 48.7 Å². The summed E-state index contributed by atoms with van der Waals surface area (Å²) in [5, 5.41) is 10.5. The molecule has 0 bridgehead atoms. The van der Waals surface area contributed by atoms with E-state index in [2.05, 4.69) is 63.0 Å². The summed E-state index contributed by atoms with van der Waals surface area (Å²) in [6.45, 7) is 5.93. The van der Waals surface area contributed by atoms with E-state index in [4.69, 9.17) is 5.73 Å². The third kappa shape index (κ3) is 3.25. The van der Waals surface area contributed by atoms with E-state index in [1.165, 1.54) is 11.1 Å². The predicted molar refractivity (Wildman–Crippen MR) is 128 cm³/mol. The van der Waals surface area contributed by atoms with Gasteiger partial charge in [-0.25, -0.2) is 4.39 Å². The first kappa shape index (κ1) is 20.4. The van der Waals surface area contributed by atoms with Gasteiger partial charge in [-0.1, -0.05) is 6.07 Å². The summed E-state index contributed by atoms with van der Waals surface area (Å²) in [5.41, 5.74) is 12.2. The minimum Gasteiger partial charge on any atom is -0.368 e. The van der Waals surface area contributed by atoms with Crippen molar-refractivity contribution in [1.82, 2.24) is 9.88 Å². The van der Waals surface area contributed by atoms with Gasteiger partial charge in [0.2, 0.25) is 0 Å². The molecule has 1 aromatic heterocycles. The Morgan fingerprint density at radius 1 is 1.09 bits per heavy atom. The topological polar surface area (TPSA) is 72.4 Å². The average Bonchev–Trinajstić information content (AvgIpc) is 3.37. The van der Waals surface area contributed by atoms with E-state index in [0.29, 0.717) is 30.7 Å². The average molecular weight is 443 g/mol. The SMILES string of the molecule is C[C@@H]1CN(c2ccc(C#N)c3ncccc23)C[C@@H]2c3ccc(N4C[C@H](N)[C@@H](F)C4)cc3CN12. The quantitative estimate of drug-likeness (QED) is 0.656. The number of piperazine rings is 1. The maximum absolute atomic E-state index is 14.0. The Bertz CT molecular complexity index is 1260. The van der Waals surface area contributed by atoms with Gasteiger partial charge in [0.05, 0.1) is 29.7 Å². The molecule has 4 heterocycles. The van der Waals surface area contributed by atoms with Crippen LogP contribution in [0.25, 0.3) is 10.9 Å². The summed E-state index contributed by atoms with van der Waals surface area (Å²) in [7, 11) is 0. The second kappa shape index (κ2) is 7.68. The van der Waals surface area contributed by atoms with Gasteiger partial charge >= 0.3 is 0 Å². The zero-order valence-corrected chi connectivity index (χ0v) is 18.7. The molecule has 0 radical (unpaired) electrons. The number of nitriles is 1. The molecule has 0 unspecified atom stereocenters. The van der Waals surface area contributed by atoms with Crippen molar-refractivity contribution in [3.8, 4) is 6.07 Å². The number of alkyl halides is 1. The van der Waals surface area contributed by atoms with E-state index in [1.807, 2.05) is 12.1 Å². The highest BCUT2D eigenvalue weighted by Gasteiger charge is 2.40. The number of pyridine rings is 1. The van der Waals surface area contributed by atoms with Gasteiger partial charge in [0, 0.05) is 55.2 Å². The van der Waals surface area contributed by atoms with Crippen molar-refractivity contribution in [3.63, 3.8) is 0 Å². The normalized spacial score (nSPS) is 27.0. The lowest BCUT2D eigenvalue weighted by Crippen LogP contribution is -2.51. The zero-order chi connectivity index (χ0) is 22.7. The van der Waals surface area contributed by atoms with Crippen LogP contribution in [0.2, 0.25) is 0 Å². The Labute approximate surface area is 193 Å². The summed E-state index contributed by atoms with van der Waals surface area (Å²) >= 11 is 0. The fourth-order valence-corrected chi connectivity index (χ4v) is 5.83. The molecule has 6 nitrogen and oxygen atoms in total. The van der Waals surface area contributed by atoms with E-state index in [9.17, 15) is 9.65 Å². The first-order valence-corrected chi connectivity index (χ1v) is 11.6. The highest BCUT2D eigenvalue weighted by Crippen LogP contribution is 2.42. The van der Waals surface area contributed by atoms with Crippen LogP contribution in [0.3, 0.4) is 0 Å². The van der Waals surface area contributed by atoms with Crippen LogP contribution in [0, 0.1) is 11.3 Å². The molecule has 0 saturated carbocycles. The molecule has 4 atom stereocenters. The summed E-state index contributed by atoms with van der Waals surface area (Å²) in [6, 6.07) is 17.1. The van der Waals surface area contributed by atoms with Crippen LogP contribution in [0.4, 0.5) is 15.8 Å². The van der Waals surface area contributed by atoms with Crippen molar-refractivity contribution in [1.29, 1.82) is 5.26 Å². The number of hydrogen-bond donors (Lipinski definition) is 1. The Balaban J connectivity index is 1.32. The van der Waals surface area contributed by atoms with Crippen molar-refractivity contribution in [2.24, 2.45) is 5.73 Å². The monoisotopic (exact) mass is 442 g/mol. The third-order valence-corrected chi connectivity index (χ3v) is 7.55. The van der Waals surface area contributed by atoms with E-state index in [0.717, 1.165) is 41.9 Å². The molecule has 3 aromatic rings. The molecule has 3 aliphatic rings. The Morgan fingerprint density at radius 2 is 1.97 bits per heavy atom. The molecule has 6 rings (SSSR count). The van der Waals surface area contributed by atoms with Gasteiger partial charge in [-0.2, -0.15) is 5.26 Å². The standard InChI is InChI=1S/C26H27FN6/c1-16-11-32(24-7-4-17(10-28)26-21(24)3-2-8-30-26)15-25-20-6-5-19(9-18(20)12-33(16)25)31-13-22(27)23(29)14-31/h2-9,16,22-23,25H,11-15,29H2,1H3/t16-,22+,23+,25-/m1/s1. The van der Waals surface area contributed by atoms with E-state index in [1.54, 1.807) is 6.20 Å². The fourth-order valence-electron chi connectivity index (χ4n) is 5.83. The van der Waals surface area contributed by atoms with Crippen LogP contribution in [-0.2, 0) is 6.54 Å². The van der Waals surface area contributed by atoms with Gasteiger partial charge in [-0.05, 0) is 54.4 Å². The molecule has 33 heavy (non-hydrogen) atoms. The van der Waals surface area contributed by atoms with Crippen molar-refractivity contribution in [2.45, 2.75) is 37.8 Å². The van der Waals surface area contributed by atoms with Crippen LogP contribution in [0.1, 0.15) is 29.7 Å². The number of nitrogens with two attached hydrogens (primary N) is 1. The molecule has 2 fully saturated rings. The van der Waals surface area contributed by atoms with Crippen LogP contribution >= 0.6 is 0 Å². The Kier molecular flexibility index (Phi) is 4.75. The minimum absolute atomic E-state index is 0.301. The second-order valence-electron chi connectivity index (χ2n) is 9.55. The molecule has 0 amide bonds. The maximum atomic E-state index is 14.0. The number of rotatable bonds is 2. The van der Waals surface area contributed by atoms with Gasteiger partial charge in [0.15, 0.2) is 0 Å². The summed E-state index contributed by atoms with van der Waals surface area (Å²) in [6.07, 6.45) is 0.784. The fraction of sp³-hybridized carbons (Fsp3) is 0.385. The van der Waals surface area contributed by atoms with Crippen molar-refractivity contribution in [3.05, 3.63) is 65.4 Å². The molecule has 168 valence electrons. The van der Waals surface area contributed by atoms with Crippen LogP contribution < -0.4 is 15.5 Å². The molecule has 2 saturated heterocycles. The van der Waals surface area contributed by atoms with Crippen LogP contribution in [0.5, 0.6) is 0 Å². The van der Waals surface area contributed by atoms with Gasteiger partial charge in [-0.15, -0.1) is 0 Å². The van der Waals surface area contributed by atoms with E-state index in [-0.39, 0.29) is 0 Å². The highest BCUT2D eigenvalue weighted by molar-refractivity contribution is 5.95. The Hall–Kier alpha value is -3.21. The first-order valence-electron chi connectivity index (χ1n) is 11.6. The largest absolute Gasteiger partial charge is 0.368 e. The third-order valence-electron chi connectivity index (χ3n) is 7.55. The predicted octanol–water partition coefficient (Wildman–Crippen LogP) is 3.36. The lowest BCUT2D eigenvalue weighted by molar-refractivity contribution is 0.134. The summed E-state index contributed by atoms with van der Waals surface area (Å²) in [5.74, 6) is 0. The van der Waals surface area contributed by atoms with Gasteiger partial charge in [-0.3, -0.25) is 9.88 Å². The molecule has 3 aliphatic heterocycles. The number of nitrogens with zero attached hydrogens (tertiary/aromatic N) is 5. The first-order chi connectivity index (χ1) is 16.0. The number of anilines is 2. The molecule has 2 N–H and O–H groups in total. The zero-order valence-electron chi connectivity index (χ0n) is 18.7. The Morgan fingerprint density at radius 3 is 2.76 bits per heavy atom. The molecular formula is C26H27FN6. The van der Waals surface area contributed by atoms with Gasteiger partial charge in [0.1, 0.15) is 12.2 Å². The number of aromatic nitrogens is 1. The number of hydrogen-bond acceptors (Lipinski definition) is 6. The van der Waals surface area contributed by atoms with E-state index < -0.39 is 12.2 Å². The molecule has 7 heteroatoms. The van der Waals surface area contributed by atoms with Crippen molar-refractivity contribution >= 4 is 22.3 Å². The molecule has 0 spiro atoms. The summed E-state index contributed by atoms with van der Waals surface area (Å²) in [4.78, 5) is 11.6. The maximum Gasteiger partial charge on any atom is 0.134 e. The smallest absolute Gasteiger partial charge is 0.134 e.